The van der Waals surface area contributed by atoms with Gasteiger partial charge in [0.2, 0.25) is 0 Å². The van der Waals surface area contributed by atoms with Crippen molar-refractivity contribution in [3.05, 3.63) is 6.92 Å². The van der Waals surface area contributed by atoms with Crippen molar-refractivity contribution in [2.24, 2.45) is 0 Å². The minimum Gasteiger partial charge on any atom is -0.428 e. The van der Waals surface area contributed by atoms with E-state index in [2.05, 4.69) is 6.92 Å². The second-order valence-electron chi connectivity index (χ2n) is 0.224. The van der Waals surface area contributed by atoms with Crippen molar-refractivity contribution in [2.75, 3.05) is 6.61 Å². The smallest absolute Gasteiger partial charge is 0.428 e. The van der Waals surface area contributed by atoms with E-state index in [4.69, 9.17) is 5.11 Å². The Hall–Kier alpha value is 0.544. The van der Waals surface area contributed by atoms with Gasteiger partial charge in [0.1, 0.15) is 0 Å². The van der Waals surface area contributed by atoms with Crippen molar-refractivity contribution >= 4 is 0 Å². The number of hydrogen-bond donors (Lipinski definition) is 1. The average molecular weight is 96.0 g/mol. The largest absolute Gasteiger partial charge is 2.00 e. The Kier molecular flexibility index (Phi) is 21.2. The number of aliphatic hydroxyl groups excluding tert-OH is 1. The van der Waals surface area contributed by atoms with Crippen LogP contribution < -0.4 is 0 Å². The van der Waals surface area contributed by atoms with E-state index in [9.17, 15) is 0 Å². The Morgan fingerprint density at radius 2 is 1.75 bits per heavy atom. The van der Waals surface area contributed by atoms with E-state index < -0.39 is 0 Å². The molecule has 1 N–H and O–H groups in total. The molecule has 0 saturated carbocycles. The molecule has 0 bridgehead atoms. The third kappa shape index (κ3) is 20.5. The molecule has 0 amide bonds. The summed E-state index contributed by atoms with van der Waals surface area (Å²) in [4.78, 5) is 0. The van der Waals surface area contributed by atoms with Crippen LogP contribution in [0.15, 0.2) is 0 Å². The summed E-state index contributed by atoms with van der Waals surface area (Å²) >= 11 is 0. The summed E-state index contributed by atoms with van der Waals surface area (Å²) in [5, 5.41) is 7.46. The molecule has 0 rings (SSSR count). The Morgan fingerprint density at radius 1 is 1.75 bits per heavy atom. The Balaban J connectivity index is 0. The first-order valence-electron chi connectivity index (χ1n) is 0.816. The topological polar surface area (TPSA) is 20.2 Å². The monoisotopic (exact) mass is 96.0 g/mol. The number of rotatable bonds is 0. The molecule has 0 spiro atoms. The fourth-order valence-corrected chi connectivity index (χ4v) is 0. The molecule has 0 aliphatic rings. The first-order valence-corrected chi connectivity index (χ1v) is 0.816. The van der Waals surface area contributed by atoms with Crippen LogP contribution in [0.1, 0.15) is 0 Å². The average Bonchev–Trinajstić information content (AvgIpc) is 0.918. The molecule has 0 aliphatic heterocycles. The van der Waals surface area contributed by atoms with Crippen molar-refractivity contribution in [1.82, 2.24) is 0 Å². The summed E-state index contributed by atoms with van der Waals surface area (Å²) in [6.07, 6.45) is 0. The maximum Gasteiger partial charge on any atom is 2.00 e. The van der Waals surface area contributed by atoms with Gasteiger partial charge in [-0.15, -0.1) is 0 Å². The quantitative estimate of drug-likeness (QED) is 0.414. The second-order valence-corrected chi connectivity index (χ2v) is 0.224. The first-order chi connectivity index (χ1) is 1.41. The summed E-state index contributed by atoms with van der Waals surface area (Å²) in [5.41, 5.74) is 0. The van der Waals surface area contributed by atoms with Gasteiger partial charge < -0.3 is 12.0 Å². The van der Waals surface area contributed by atoms with Gasteiger partial charge in [0, 0.05) is 0 Å². The SMILES string of the molecule is [CH2-]CO.[V+2]. The van der Waals surface area contributed by atoms with Gasteiger partial charge in [-0.3, -0.25) is 0 Å². The molecule has 2 heteroatoms. The molecule has 1 nitrogen and oxygen atoms in total. The van der Waals surface area contributed by atoms with Crippen molar-refractivity contribution in [3.8, 4) is 0 Å². The fraction of sp³-hybridized carbons (Fsp3) is 0.500. The van der Waals surface area contributed by atoms with Crippen molar-refractivity contribution in [2.45, 2.75) is 0 Å². The molecule has 4 heavy (non-hydrogen) atoms. The molecule has 0 fully saturated rings. The zero-order valence-electron chi connectivity index (χ0n) is 2.31. The molecular weight excluding hydrogens is 91.0 g/mol. The van der Waals surface area contributed by atoms with Gasteiger partial charge in [-0.2, -0.15) is 0 Å². The molecule has 0 aromatic heterocycles. The van der Waals surface area contributed by atoms with Gasteiger partial charge in [0.25, 0.3) is 0 Å². The zero-order chi connectivity index (χ0) is 2.71. The first kappa shape index (κ1) is 8.82. The third-order valence-electron chi connectivity index (χ3n) is 0. The standard InChI is InChI=1S/C2H5O.V/c1-2-3;/h3H,1-2H2;/q-1;+2. The van der Waals surface area contributed by atoms with E-state index >= 15 is 0 Å². The summed E-state index contributed by atoms with van der Waals surface area (Å²) in [7, 11) is 0. The predicted octanol–water partition coefficient (Wildman–Crippen LogP) is -0.190. The second kappa shape index (κ2) is 9.62. The van der Waals surface area contributed by atoms with Crippen molar-refractivity contribution in [3.63, 3.8) is 0 Å². The minimum absolute atomic E-state index is 0. The molecule has 0 aromatic carbocycles. The van der Waals surface area contributed by atoms with Crippen LogP contribution in [0.2, 0.25) is 0 Å². The summed E-state index contributed by atoms with van der Waals surface area (Å²) in [6.45, 7) is 3.04. The molecule has 0 atom stereocenters. The van der Waals surface area contributed by atoms with E-state index in [0.29, 0.717) is 0 Å². The van der Waals surface area contributed by atoms with Gasteiger partial charge in [-0.05, 0) is 0 Å². The van der Waals surface area contributed by atoms with Crippen LogP contribution in [0, 0.1) is 6.92 Å². The number of hydrogen-bond acceptors (Lipinski definition) is 1. The molecule has 23 valence electrons. The van der Waals surface area contributed by atoms with Gasteiger partial charge in [0.15, 0.2) is 0 Å². The van der Waals surface area contributed by atoms with Gasteiger partial charge in [-0.1, -0.05) is 6.61 Å². The molecule has 0 unspecified atom stereocenters. The van der Waals surface area contributed by atoms with Crippen LogP contribution in [0.3, 0.4) is 0 Å². The van der Waals surface area contributed by atoms with E-state index in [1.165, 1.54) is 0 Å². The molecule has 1 radical (unpaired) electrons. The summed E-state index contributed by atoms with van der Waals surface area (Å²) < 4.78 is 0. The summed E-state index contributed by atoms with van der Waals surface area (Å²) in [5.74, 6) is 0. The van der Waals surface area contributed by atoms with E-state index in [1.807, 2.05) is 0 Å². The third-order valence-corrected chi connectivity index (χ3v) is 0. The predicted molar refractivity (Wildman–Crippen MR) is 12.4 cm³/mol. The Labute approximate surface area is 37.9 Å². The van der Waals surface area contributed by atoms with E-state index in [-0.39, 0.29) is 25.2 Å². The zero-order valence-corrected chi connectivity index (χ0v) is 3.71. The van der Waals surface area contributed by atoms with E-state index in [0.717, 1.165) is 0 Å². The van der Waals surface area contributed by atoms with Gasteiger partial charge >= 0.3 is 18.6 Å². The molecule has 0 aliphatic carbocycles. The normalized spacial score (nSPS) is 4.50. The van der Waals surface area contributed by atoms with Crippen LogP contribution in [-0.4, -0.2) is 11.7 Å². The molecule has 0 aromatic rings. The summed E-state index contributed by atoms with van der Waals surface area (Å²) in [6, 6.07) is 0. The minimum atomic E-state index is 0. The molecule has 0 saturated heterocycles. The number of aliphatic hydroxyl groups is 1. The maximum atomic E-state index is 7.46. The van der Waals surface area contributed by atoms with Crippen LogP contribution in [0.25, 0.3) is 0 Å². The van der Waals surface area contributed by atoms with Crippen LogP contribution in [0.5, 0.6) is 0 Å². The van der Waals surface area contributed by atoms with Crippen molar-refractivity contribution < 1.29 is 23.7 Å². The van der Waals surface area contributed by atoms with Gasteiger partial charge in [0.05, 0.1) is 0 Å². The van der Waals surface area contributed by atoms with E-state index in [1.54, 1.807) is 0 Å². The maximum absolute atomic E-state index is 7.46. The Morgan fingerprint density at radius 3 is 1.75 bits per heavy atom. The van der Waals surface area contributed by atoms with Crippen LogP contribution in [-0.2, 0) is 18.6 Å². The van der Waals surface area contributed by atoms with Crippen LogP contribution >= 0.6 is 0 Å². The van der Waals surface area contributed by atoms with Crippen LogP contribution in [0.4, 0.5) is 0 Å². The van der Waals surface area contributed by atoms with Crippen molar-refractivity contribution in [1.29, 1.82) is 0 Å². The fourth-order valence-electron chi connectivity index (χ4n) is 0. The van der Waals surface area contributed by atoms with Gasteiger partial charge in [-0.25, -0.2) is 0 Å². The molecule has 0 heterocycles. The Bertz CT molecular complexity index is 6.00. The molecular formula is C2H5OV+.